The van der Waals surface area contributed by atoms with Crippen LogP contribution in [0.4, 0.5) is 18.9 Å². The summed E-state index contributed by atoms with van der Waals surface area (Å²) >= 11 is 0. The highest BCUT2D eigenvalue weighted by Crippen LogP contribution is 2.33. The van der Waals surface area contributed by atoms with E-state index in [9.17, 15) is 18.0 Å². The molecule has 2 fully saturated rings. The van der Waals surface area contributed by atoms with Crippen molar-refractivity contribution < 1.29 is 22.7 Å². The number of carbonyl (C=O) groups excluding carboxylic acids is 1. The Labute approximate surface area is 223 Å². The van der Waals surface area contributed by atoms with Crippen LogP contribution >= 0.6 is 0 Å². The normalized spacial score (nSPS) is 21.4. The average Bonchev–Trinajstić information content (AvgIpc) is 2.92. The van der Waals surface area contributed by atoms with Crippen molar-refractivity contribution in [2.24, 2.45) is 5.92 Å². The van der Waals surface area contributed by atoms with E-state index >= 15 is 0 Å². The molecule has 1 amide bonds. The summed E-state index contributed by atoms with van der Waals surface area (Å²) in [5.41, 5.74) is 1.19. The van der Waals surface area contributed by atoms with Gasteiger partial charge in [0.1, 0.15) is 0 Å². The summed E-state index contributed by atoms with van der Waals surface area (Å²) in [4.78, 5) is 23.6. The monoisotopic (exact) mass is 533 g/mol. The molecule has 10 heteroatoms. The fraction of sp³-hybridized carbons (Fsp3) is 0.571. The molecule has 2 aromatic rings. The molecule has 0 bridgehead atoms. The lowest BCUT2D eigenvalue weighted by atomic mass is 9.86. The van der Waals surface area contributed by atoms with E-state index in [0.29, 0.717) is 50.3 Å². The van der Waals surface area contributed by atoms with Gasteiger partial charge in [0.2, 0.25) is 5.91 Å². The molecule has 208 valence electrons. The van der Waals surface area contributed by atoms with Crippen LogP contribution in [-0.2, 0) is 22.3 Å². The van der Waals surface area contributed by atoms with E-state index in [1.165, 1.54) is 17.7 Å². The molecule has 0 saturated carbocycles. The number of aromatic nitrogens is 1. The fourth-order valence-electron chi connectivity index (χ4n) is 5.64. The first kappa shape index (κ1) is 28.3. The van der Waals surface area contributed by atoms with Crippen LogP contribution in [0.2, 0.25) is 0 Å². The van der Waals surface area contributed by atoms with Crippen molar-refractivity contribution in [2.75, 3.05) is 64.4 Å². The number of anilines is 1. The molecule has 0 radical (unpaired) electrons. The molecule has 7 nitrogen and oxygen atoms in total. The maximum absolute atomic E-state index is 13.2. The molecule has 0 aliphatic carbocycles. The van der Waals surface area contributed by atoms with Crippen molar-refractivity contribution in [1.82, 2.24) is 20.1 Å². The van der Waals surface area contributed by atoms with Gasteiger partial charge >= 0.3 is 6.18 Å². The van der Waals surface area contributed by atoms with Gasteiger partial charge in [-0.1, -0.05) is 12.1 Å². The van der Waals surface area contributed by atoms with Gasteiger partial charge in [0.05, 0.1) is 12.2 Å². The Morgan fingerprint density at radius 3 is 2.66 bits per heavy atom. The predicted octanol–water partition coefficient (Wildman–Crippen LogP) is 3.66. The number of ether oxygens (including phenoxy) is 1. The maximum Gasteiger partial charge on any atom is 0.416 e. The zero-order valence-electron chi connectivity index (χ0n) is 22.0. The Hall–Kier alpha value is -2.69. The van der Waals surface area contributed by atoms with E-state index in [-0.39, 0.29) is 5.91 Å². The second kappa shape index (κ2) is 13.4. The lowest BCUT2D eigenvalue weighted by molar-refractivity contribution is -0.137. The highest BCUT2D eigenvalue weighted by Gasteiger charge is 2.35. The molecule has 2 atom stereocenters. The number of likely N-dealkylation sites (tertiary alicyclic amines) is 1. The Balaban J connectivity index is 1.37. The molecule has 1 aromatic carbocycles. The smallest absolute Gasteiger partial charge is 0.383 e. The lowest BCUT2D eigenvalue weighted by Crippen LogP contribution is -2.56. The Kier molecular flexibility index (Phi) is 9.98. The molecule has 1 aromatic heterocycles. The first-order valence-corrected chi connectivity index (χ1v) is 13.4. The number of piperazine rings is 1. The number of nitrogens with one attached hydrogen (secondary N) is 1. The molecular formula is C28H38F3N5O2. The van der Waals surface area contributed by atoms with E-state index in [1.807, 2.05) is 17.2 Å². The van der Waals surface area contributed by atoms with Crippen LogP contribution in [-0.4, -0.2) is 86.3 Å². The first-order chi connectivity index (χ1) is 18.3. The van der Waals surface area contributed by atoms with Gasteiger partial charge in [-0.2, -0.15) is 13.2 Å². The summed E-state index contributed by atoms with van der Waals surface area (Å²) in [5, 5.41) is 2.92. The number of carbonyl (C=O) groups is 1. The van der Waals surface area contributed by atoms with E-state index in [1.54, 1.807) is 19.4 Å². The minimum absolute atomic E-state index is 0.0412. The number of methoxy groups -OCH3 is 1. The van der Waals surface area contributed by atoms with Crippen molar-refractivity contribution in [3.8, 4) is 0 Å². The van der Waals surface area contributed by atoms with Gasteiger partial charge in [-0.05, 0) is 55.1 Å². The molecule has 38 heavy (non-hydrogen) atoms. The first-order valence-electron chi connectivity index (χ1n) is 13.4. The van der Waals surface area contributed by atoms with Crippen LogP contribution in [0.3, 0.4) is 0 Å². The summed E-state index contributed by atoms with van der Waals surface area (Å²) in [6.07, 6.45) is 1.60. The van der Waals surface area contributed by atoms with Crippen LogP contribution in [0.1, 0.15) is 30.4 Å². The van der Waals surface area contributed by atoms with E-state index in [4.69, 9.17) is 4.74 Å². The molecule has 0 unspecified atom stereocenters. The average molecular weight is 534 g/mol. The maximum atomic E-state index is 13.2. The predicted molar refractivity (Wildman–Crippen MR) is 141 cm³/mol. The van der Waals surface area contributed by atoms with Crippen molar-refractivity contribution in [3.05, 3.63) is 59.9 Å². The van der Waals surface area contributed by atoms with Gasteiger partial charge in [0.15, 0.2) is 0 Å². The third-order valence-corrected chi connectivity index (χ3v) is 7.60. The van der Waals surface area contributed by atoms with Crippen LogP contribution in [0.5, 0.6) is 0 Å². The van der Waals surface area contributed by atoms with Gasteiger partial charge in [-0.25, -0.2) is 0 Å². The van der Waals surface area contributed by atoms with Gasteiger partial charge in [0, 0.05) is 83.5 Å². The minimum atomic E-state index is -4.34. The molecule has 4 rings (SSSR count). The third kappa shape index (κ3) is 7.91. The SMILES string of the molecule is COCCNC(=O)CC[C@H]1CN(Cc2cccnc2)CC[C@H]1N1CCN(c2cccc(C(F)(F)F)c2)CC1. The van der Waals surface area contributed by atoms with E-state index in [2.05, 4.69) is 26.2 Å². The van der Waals surface area contributed by atoms with Gasteiger partial charge < -0.3 is 15.0 Å². The van der Waals surface area contributed by atoms with Crippen LogP contribution in [0.15, 0.2) is 48.8 Å². The second-order valence-corrected chi connectivity index (χ2v) is 10.2. The highest BCUT2D eigenvalue weighted by molar-refractivity contribution is 5.75. The minimum Gasteiger partial charge on any atom is -0.383 e. The van der Waals surface area contributed by atoms with Crippen molar-refractivity contribution in [3.63, 3.8) is 0 Å². The zero-order chi connectivity index (χ0) is 27.0. The third-order valence-electron chi connectivity index (χ3n) is 7.60. The molecule has 0 spiro atoms. The van der Waals surface area contributed by atoms with E-state index in [0.717, 1.165) is 51.6 Å². The molecule has 2 aliphatic rings. The van der Waals surface area contributed by atoms with Crippen molar-refractivity contribution in [1.29, 1.82) is 0 Å². The van der Waals surface area contributed by atoms with Crippen LogP contribution < -0.4 is 10.2 Å². The number of alkyl halides is 3. The molecule has 2 aliphatic heterocycles. The summed E-state index contributed by atoms with van der Waals surface area (Å²) < 4.78 is 44.6. The molecule has 1 N–H and O–H groups in total. The fourth-order valence-corrected chi connectivity index (χ4v) is 5.64. The number of piperidine rings is 1. The van der Waals surface area contributed by atoms with Crippen LogP contribution in [0, 0.1) is 5.92 Å². The zero-order valence-corrected chi connectivity index (χ0v) is 22.0. The van der Waals surface area contributed by atoms with Gasteiger partial charge in [-0.15, -0.1) is 0 Å². The second-order valence-electron chi connectivity index (χ2n) is 10.2. The Morgan fingerprint density at radius 2 is 1.95 bits per heavy atom. The largest absolute Gasteiger partial charge is 0.416 e. The van der Waals surface area contributed by atoms with Crippen LogP contribution in [0.25, 0.3) is 0 Å². The number of hydrogen-bond donors (Lipinski definition) is 1. The quantitative estimate of drug-likeness (QED) is 0.471. The Morgan fingerprint density at radius 1 is 1.13 bits per heavy atom. The number of rotatable bonds is 10. The topological polar surface area (TPSA) is 60.9 Å². The number of hydrogen-bond acceptors (Lipinski definition) is 6. The van der Waals surface area contributed by atoms with Gasteiger partial charge in [0.25, 0.3) is 0 Å². The van der Waals surface area contributed by atoms with Crippen molar-refractivity contribution >= 4 is 11.6 Å². The standard InChI is InChI=1S/C28H38F3N5O2/c1-38-17-11-33-27(37)8-7-23-21-34(20-22-4-3-10-32-19-22)12-9-26(23)36-15-13-35(14-16-36)25-6-2-5-24(18-25)28(29,30)31/h2-6,10,18-19,23,26H,7-9,11-17,20-21H2,1H3,(H,33,37)/t23-,26+/m0/s1. The number of benzene rings is 1. The Bertz CT molecular complexity index is 1020. The number of halogens is 3. The molecule has 3 heterocycles. The summed E-state index contributed by atoms with van der Waals surface area (Å²) in [6.45, 7) is 6.65. The highest BCUT2D eigenvalue weighted by atomic mass is 19.4. The van der Waals surface area contributed by atoms with Crippen molar-refractivity contribution in [2.45, 2.75) is 38.0 Å². The summed E-state index contributed by atoms with van der Waals surface area (Å²) in [6, 6.07) is 9.99. The number of pyridine rings is 1. The summed E-state index contributed by atoms with van der Waals surface area (Å²) in [7, 11) is 1.61. The summed E-state index contributed by atoms with van der Waals surface area (Å²) in [5.74, 6) is 0.369. The molecule has 2 saturated heterocycles. The molecular weight excluding hydrogens is 495 g/mol. The van der Waals surface area contributed by atoms with E-state index < -0.39 is 11.7 Å². The lowest BCUT2D eigenvalue weighted by Gasteiger charge is -2.47. The number of amides is 1. The number of nitrogens with zero attached hydrogens (tertiary/aromatic N) is 4. The van der Waals surface area contributed by atoms with Gasteiger partial charge in [-0.3, -0.25) is 19.6 Å².